The highest BCUT2D eigenvalue weighted by Crippen LogP contribution is 2.03. The van der Waals surface area contributed by atoms with Gasteiger partial charge in [-0.15, -0.1) is 0 Å². The van der Waals surface area contributed by atoms with Gasteiger partial charge < -0.3 is 10.0 Å². The maximum Gasteiger partial charge on any atom is 0.165 e. The monoisotopic (exact) mass is 173 g/mol. The van der Waals surface area contributed by atoms with Gasteiger partial charge in [0.05, 0.1) is 0 Å². The van der Waals surface area contributed by atoms with Crippen LogP contribution in [-0.2, 0) is 0 Å². The van der Waals surface area contributed by atoms with Crippen molar-refractivity contribution in [3.05, 3.63) is 0 Å². The Morgan fingerprint density at radius 2 is 1.67 bits per heavy atom. The van der Waals surface area contributed by atoms with Crippen LogP contribution in [0.4, 0.5) is 0 Å². The van der Waals surface area contributed by atoms with E-state index < -0.39 is 6.35 Å². The largest absolute Gasteiger partial charge is 0.365 e. The van der Waals surface area contributed by atoms with Gasteiger partial charge in [-0.05, 0) is 21.1 Å². The highest BCUT2D eigenvalue weighted by atomic mass is 16.3. The van der Waals surface area contributed by atoms with Crippen LogP contribution in [0, 0.1) is 0 Å². The maximum atomic E-state index is 9.67. The summed E-state index contributed by atoms with van der Waals surface area (Å²) in [6.45, 7) is 4.00. The molecule has 0 aliphatic carbocycles. The van der Waals surface area contributed by atoms with E-state index in [0.29, 0.717) is 0 Å². The standard InChI is InChI=1S/C8H19N3O/c1-9(2)8(12)11-6-4-10(3)5-7-11/h8,12H,4-7H2,1-3H3. The molecule has 1 rings (SSSR count). The van der Waals surface area contributed by atoms with Crippen molar-refractivity contribution >= 4 is 0 Å². The SMILES string of the molecule is CN1CCN(C(O)N(C)C)CC1. The summed E-state index contributed by atoms with van der Waals surface area (Å²) in [6, 6.07) is 0. The summed E-state index contributed by atoms with van der Waals surface area (Å²) in [7, 11) is 5.89. The van der Waals surface area contributed by atoms with Crippen molar-refractivity contribution in [3.8, 4) is 0 Å². The third-order valence-corrected chi connectivity index (χ3v) is 2.33. The van der Waals surface area contributed by atoms with E-state index in [1.165, 1.54) is 0 Å². The zero-order valence-corrected chi connectivity index (χ0v) is 8.19. The number of aliphatic hydroxyl groups excluding tert-OH is 1. The number of nitrogens with zero attached hydrogens (tertiary/aromatic N) is 3. The minimum Gasteiger partial charge on any atom is -0.365 e. The average molecular weight is 173 g/mol. The molecule has 0 radical (unpaired) electrons. The molecule has 1 atom stereocenters. The summed E-state index contributed by atoms with van der Waals surface area (Å²) >= 11 is 0. The zero-order valence-electron chi connectivity index (χ0n) is 8.19. The van der Waals surface area contributed by atoms with Crippen LogP contribution >= 0.6 is 0 Å². The fraction of sp³-hybridized carbons (Fsp3) is 1.00. The number of hydrogen-bond donors (Lipinski definition) is 1. The van der Waals surface area contributed by atoms with Gasteiger partial charge >= 0.3 is 0 Å². The van der Waals surface area contributed by atoms with Gasteiger partial charge in [-0.3, -0.25) is 9.80 Å². The number of rotatable bonds is 2. The minimum atomic E-state index is -0.418. The van der Waals surface area contributed by atoms with E-state index >= 15 is 0 Å². The van der Waals surface area contributed by atoms with Crippen molar-refractivity contribution < 1.29 is 5.11 Å². The van der Waals surface area contributed by atoms with Gasteiger partial charge in [-0.2, -0.15) is 0 Å². The Balaban J connectivity index is 2.34. The van der Waals surface area contributed by atoms with E-state index in [-0.39, 0.29) is 0 Å². The number of likely N-dealkylation sites (N-methyl/N-ethyl adjacent to an activating group) is 1. The Bertz CT molecular complexity index is 132. The lowest BCUT2D eigenvalue weighted by molar-refractivity contribution is -0.103. The smallest absolute Gasteiger partial charge is 0.165 e. The summed E-state index contributed by atoms with van der Waals surface area (Å²) in [5.41, 5.74) is 0. The Morgan fingerprint density at radius 1 is 1.17 bits per heavy atom. The van der Waals surface area contributed by atoms with Crippen molar-refractivity contribution in [2.45, 2.75) is 6.35 Å². The van der Waals surface area contributed by atoms with Gasteiger partial charge in [0.15, 0.2) is 6.35 Å². The van der Waals surface area contributed by atoms with Crippen molar-refractivity contribution in [2.75, 3.05) is 47.3 Å². The van der Waals surface area contributed by atoms with Gasteiger partial charge in [0, 0.05) is 26.2 Å². The topological polar surface area (TPSA) is 30.0 Å². The quantitative estimate of drug-likeness (QED) is 0.547. The molecule has 1 heterocycles. The van der Waals surface area contributed by atoms with Gasteiger partial charge in [-0.1, -0.05) is 0 Å². The molecule has 1 aliphatic heterocycles. The molecule has 0 aromatic rings. The van der Waals surface area contributed by atoms with Crippen LogP contribution in [0.15, 0.2) is 0 Å². The molecule has 0 aromatic carbocycles. The third kappa shape index (κ3) is 2.42. The number of piperazine rings is 1. The van der Waals surface area contributed by atoms with Crippen LogP contribution in [0.3, 0.4) is 0 Å². The van der Waals surface area contributed by atoms with Crippen LogP contribution in [0.2, 0.25) is 0 Å². The summed E-state index contributed by atoms with van der Waals surface area (Å²) in [5.74, 6) is 0. The minimum absolute atomic E-state index is 0.418. The number of aliphatic hydroxyl groups is 1. The Kier molecular flexibility index (Phi) is 3.46. The molecule has 1 saturated heterocycles. The Morgan fingerprint density at radius 3 is 2.08 bits per heavy atom. The molecule has 72 valence electrons. The van der Waals surface area contributed by atoms with Crippen LogP contribution in [-0.4, -0.2) is 73.5 Å². The van der Waals surface area contributed by atoms with E-state index in [1.807, 2.05) is 19.0 Å². The van der Waals surface area contributed by atoms with Gasteiger partial charge in [0.2, 0.25) is 0 Å². The van der Waals surface area contributed by atoms with Crippen LogP contribution in [0.5, 0.6) is 0 Å². The average Bonchev–Trinajstić information content (AvgIpc) is 2.04. The van der Waals surface area contributed by atoms with Crippen molar-refractivity contribution in [2.24, 2.45) is 0 Å². The summed E-state index contributed by atoms with van der Waals surface area (Å²) in [5, 5.41) is 9.67. The number of hydrogen-bond acceptors (Lipinski definition) is 4. The lowest BCUT2D eigenvalue weighted by atomic mass is 10.3. The first-order chi connectivity index (χ1) is 5.61. The van der Waals surface area contributed by atoms with Gasteiger partial charge in [0.25, 0.3) is 0 Å². The summed E-state index contributed by atoms with van der Waals surface area (Å²) < 4.78 is 0. The summed E-state index contributed by atoms with van der Waals surface area (Å²) in [4.78, 5) is 6.18. The van der Waals surface area contributed by atoms with E-state index in [0.717, 1.165) is 26.2 Å². The lowest BCUT2D eigenvalue weighted by Gasteiger charge is -2.37. The van der Waals surface area contributed by atoms with E-state index in [1.54, 1.807) is 0 Å². The van der Waals surface area contributed by atoms with Gasteiger partial charge in [-0.25, -0.2) is 0 Å². The maximum absolute atomic E-state index is 9.67. The third-order valence-electron chi connectivity index (χ3n) is 2.33. The molecule has 4 nitrogen and oxygen atoms in total. The predicted octanol–water partition coefficient (Wildman–Crippen LogP) is -0.929. The predicted molar refractivity (Wildman–Crippen MR) is 48.8 cm³/mol. The molecule has 1 N–H and O–H groups in total. The molecule has 0 amide bonds. The van der Waals surface area contributed by atoms with E-state index in [2.05, 4.69) is 16.8 Å². The fourth-order valence-electron chi connectivity index (χ4n) is 1.38. The lowest BCUT2D eigenvalue weighted by Crippen LogP contribution is -2.53. The second kappa shape index (κ2) is 4.18. The molecular formula is C8H19N3O. The molecule has 4 heteroatoms. The molecule has 1 unspecified atom stereocenters. The van der Waals surface area contributed by atoms with E-state index in [9.17, 15) is 5.11 Å². The van der Waals surface area contributed by atoms with Crippen molar-refractivity contribution in [1.29, 1.82) is 0 Å². The highest BCUT2D eigenvalue weighted by Gasteiger charge is 2.21. The van der Waals surface area contributed by atoms with Crippen molar-refractivity contribution in [1.82, 2.24) is 14.7 Å². The first-order valence-corrected chi connectivity index (χ1v) is 4.38. The molecular weight excluding hydrogens is 154 g/mol. The Labute approximate surface area is 74.4 Å². The Hall–Kier alpha value is -0.160. The molecule has 1 aliphatic rings. The summed E-state index contributed by atoms with van der Waals surface area (Å²) in [6.07, 6.45) is -0.418. The van der Waals surface area contributed by atoms with E-state index in [4.69, 9.17) is 0 Å². The fourth-order valence-corrected chi connectivity index (χ4v) is 1.38. The molecule has 0 aromatic heterocycles. The van der Waals surface area contributed by atoms with Crippen LogP contribution < -0.4 is 0 Å². The normalized spacial score (nSPS) is 24.8. The molecule has 0 saturated carbocycles. The van der Waals surface area contributed by atoms with Crippen LogP contribution in [0.1, 0.15) is 0 Å². The van der Waals surface area contributed by atoms with Gasteiger partial charge in [0.1, 0.15) is 0 Å². The zero-order chi connectivity index (χ0) is 9.14. The molecule has 0 spiro atoms. The molecule has 0 bridgehead atoms. The first-order valence-electron chi connectivity index (χ1n) is 4.38. The van der Waals surface area contributed by atoms with Crippen LogP contribution in [0.25, 0.3) is 0 Å². The second-order valence-corrected chi connectivity index (χ2v) is 3.65. The second-order valence-electron chi connectivity index (χ2n) is 3.65. The highest BCUT2D eigenvalue weighted by molar-refractivity contribution is 4.70. The molecule has 12 heavy (non-hydrogen) atoms. The van der Waals surface area contributed by atoms with Crippen molar-refractivity contribution in [3.63, 3.8) is 0 Å². The first kappa shape index (κ1) is 9.92. The molecule has 1 fully saturated rings.